The lowest BCUT2D eigenvalue weighted by atomic mass is 10.0. The topological polar surface area (TPSA) is 49.4 Å². The van der Waals surface area contributed by atoms with E-state index in [1.54, 1.807) is 0 Å². The molecule has 2 aliphatic heterocycles. The maximum atomic E-state index is 12.9. The molecule has 0 saturated carbocycles. The van der Waals surface area contributed by atoms with Crippen molar-refractivity contribution in [3.05, 3.63) is 52.5 Å². The van der Waals surface area contributed by atoms with Gasteiger partial charge in [-0.1, -0.05) is 28.1 Å². The fourth-order valence-corrected chi connectivity index (χ4v) is 4.83. The van der Waals surface area contributed by atoms with Crippen LogP contribution in [0.5, 0.6) is 0 Å². The lowest BCUT2D eigenvalue weighted by Gasteiger charge is -2.31. The highest BCUT2D eigenvalue weighted by molar-refractivity contribution is 9.10. The van der Waals surface area contributed by atoms with E-state index in [0.717, 1.165) is 33.6 Å². The fraction of sp³-hybridized carbons (Fsp3) is 0.263. The van der Waals surface area contributed by atoms with Crippen molar-refractivity contribution >= 4 is 50.9 Å². The number of para-hydroxylation sites is 1. The minimum absolute atomic E-state index is 0.00954. The Labute approximate surface area is 159 Å². The molecule has 2 heterocycles. The molecule has 4 rings (SSSR count). The second-order valence-electron chi connectivity index (χ2n) is 6.22. The molecule has 0 radical (unpaired) electrons. The number of nitrogens with one attached hydrogen (secondary N) is 1. The molecular weight excluding hydrogens is 400 g/mol. The first kappa shape index (κ1) is 16.7. The van der Waals surface area contributed by atoms with Gasteiger partial charge in [0.25, 0.3) is 0 Å². The smallest absolute Gasteiger partial charge is 0.238 e. The van der Waals surface area contributed by atoms with Crippen molar-refractivity contribution in [2.24, 2.45) is 0 Å². The average Bonchev–Trinajstić information content (AvgIpc) is 2.61. The number of hydrogen-bond donors (Lipinski definition) is 1. The largest absolute Gasteiger partial charge is 0.324 e. The van der Waals surface area contributed by atoms with Gasteiger partial charge in [-0.05, 0) is 48.7 Å². The van der Waals surface area contributed by atoms with E-state index >= 15 is 0 Å². The Balaban J connectivity index is 1.53. The third-order valence-corrected chi connectivity index (χ3v) is 6.30. The summed E-state index contributed by atoms with van der Waals surface area (Å²) in [5, 5.41) is 2.52. The van der Waals surface area contributed by atoms with E-state index < -0.39 is 0 Å². The highest BCUT2D eigenvalue weighted by Gasteiger charge is 2.32. The Hall–Kier alpha value is -1.79. The van der Waals surface area contributed by atoms with Crippen LogP contribution < -0.4 is 10.2 Å². The van der Waals surface area contributed by atoms with Crippen LogP contribution in [0.4, 0.5) is 11.4 Å². The minimum atomic E-state index is -0.386. The first-order valence-electron chi connectivity index (χ1n) is 8.27. The fourth-order valence-electron chi connectivity index (χ4n) is 3.32. The van der Waals surface area contributed by atoms with E-state index in [1.165, 1.54) is 17.3 Å². The number of hydrogen-bond acceptors (Lipinski definition) is 3. The van der Waals surface area contributed by atoms with Gasteiger partial charge in [0, 0.05) is 28.0 Å². The van der Waals surface area contributed by atoms with Crippen molar-refractivity contribution in [3.8, 4) is 0 Å². The van der Waals surface area contributed by atoms with Gasteiger partial charge >= 0.3 is 0 Å². The van der Waals surface area contributed by atoms with Crippen LogP contribution in [0.15, 0.2) is 51.8 Å². The number of rotatable bonds is 2. The van der Waals surface area contributed by atoms with Crippen LogP contribution in [-0.4, -0.2) is 23.6 Å². The number of carbonyl (C=O) groups is 2. The summed E-state index contributed by atoms with van der Waals surface area (Å²) in [6, 6.07) is 13.7. The molecule has 1 N–H and O–H groups in total. The summed E-state index contributed by atoms with van der Waals surface area (Å²) in [6.45, 7) is 0.711. The van der Waals surface area contributed by atoms with Crippen LogP contribution in [0.3, 0.4) is 0 Å². The van der Waals surface area contributed by atoms with E-state index in [-0.39, 0.29) is 23.5 Å². The zero-order valence-electron chi connectivity index (χ0n) is 13.5. The quantitative estimate of drug-likeness (QED) is 0.796. The Bertz CT molecular complexity index is 855. The number of benzene rings is 2. The number of carbonyl (C=O) groups excluding carboxylic acids is 2. The standard InChI is InChI=1S/C19H17BrN2O2S/c20-13-7-8-15-12(10-13)4-3-9-22(15)18(23)11-17-19(24)21-14-5-1-2-6-16(14)25-17/h1-2,5-8,10,17H,3-4,9,11H2,(H,21,24). The van der Waals surface area contributed by atoms with Gasteiger partial charge in [-0.2, -0.15) is 0 Å². The molecule has 0 bridgehead atoms. The molecular formula is C19H17BrN2O2S. The van der Waals surface area contributed by atoms with Gasteiger partial charge < -0.3 is 10.2 Å². The van der Waals surface area contributed by atoms with Gasteiger partial charge in [0.2, 0.25) is 11.8 Å². The molecule has 0 aromatic heterocycles. The molecule has 1 unspecified atom stereocenters. The molecule has 25 heavy (non-hydrogen) atoms. The molecule has 2 aliphatic rings. The summed E-state index contributed by atoms with van der Waals surface area (Å²) >= 11 is 4.96. The van der Waals surface area contributed by atoms with Crippen LogP contribution in [0.25, 0.3) is 0 Å². The predicted octanol–water partition coefficient (Wildman–Crippen LogP) is 4.23. The zero-order valence-corrected chi connectivity index (χ0v) is 15.9. The molecule has 2 aromatic carbocycles. The van der Waals surface area contributed by atoms with Crippen LogP contribution >= 0.6 is 27.7 Å². The highest BCUT2D eigenvalue weighted by atomic mass is 79.9. The second-order valence-corrected chi connectivity index (χ2v) is 8.38. The maximum absolute atomic E-state index is 12.9. The van der Waals surface area contributed by atoms with E-state index in [4.69, 9.17) is 0 Å². The monoisotopic (exact) mass is 416 g/mol. The molecule has 0 aliphatic carbocycles. The summed E-state index contributed by atoms with van der Waals surface area (Å²) in [6.07, 6.45) is 2.13. The number of fused-ring (bicyclic) bond motifs is 2. The first-order valence-corrected chi connectivity index (χ1v) is 9.94. The number of thioether (sulfide) groups is 1. The molecule has 0 saturated heterocycles. The SMILES string of the molecule is O=C1Nc2ccccc2SC1CC(=O)N1CCCc2cc(Br)ccc21. The molecule has 6 heteroatoms. The van der Waals surface area contributed by atoms with Crippen molar-refractivity contribution in [1.82, 2.24) is 0 Å². The third kappa shape index (κ3) is 3.33. The molecule has 4 nitrogen and oxygen atoms in total. The lowest BCUT2D eigenvalue weighted by molar-refractivity contribution is -0.122. The summed E-state index contributed by atoms with van der Waals surface area (Å²) in [5.74, 6) is -0.0830. The number of anilines is 2. The normalized spacial score (nSPS) is 19.0. The van der Waals surface area contributed by atoms with Gasteiger partial charge in [-0.15, -0.1) is 11.8 Å². The summed E-state index contributed by atoms with van der Waals surface area (Å²) < 4.78 is 1.03. The van der Waals surface area contributed by atoms with Crippen molar-refractivity contribution in [1.29, 1.82) is 0 Å². The highest BCUT2D eigenvalue weighted by Crippen LogP contribution is 2.37. The third-order valence-electron chi connectivity index (χ3n) is 4.53. The number of halogens is 1. The second kappa shape index (κ2) is 6.84. The maximum Gasteiger partial charge on any atom is 0.238 e. The van der Waals surface area contributed by atoms with Crippen LogP contribution in [0.2, 0.25) is 0 Å². The number of nitrogens with zero attached hydrogens (tertiary/aromatic N) is 1. The summed E-state index contributed by atoms with van der Waals surface area (Å²) in [7, 11) is 0. The molecule has 128 valence electrons. The number of amides is 2. The predicted molar refractivity (Wildman–Crippen MR) is 104 cm³/mol. The van der Waals surface area contributed by atoms with Crippen LogP contribution in [0, 0.1) is 0 Å². The lowest BCUT2D eigenvalue weighted by Crippen LogP contribution is -2.40. The van der Waals surface area contributed by atoms with Gasteiger partial charge in [0.1, 0.15) is 0 Å². The molecule has 2 aromatic rings. The van der Waals surface area contributed by atoms with Crippen LogP contribution in [0.1, 0.15) is 18.4 Å². The van der Waals surface area contributed by atoms with E-state index in [0.29, 0.717) is 6.54 Å². The van der Waals surface area contributed by atoms with E-state index in [9.17, 15) is 9.59 Å². The van der Waals surface area contributed by atoms with Gasteiger partial charge in [0.15, 0.2) is 0 Å². The Kier molecular flexibility index (Phi) is 4.56. The molecule has 2 amide bonds. The van der Waals surface area contributed by atoms with Gasteiger partial charge in [-0.25, -0.2) is 0 Å². The van der Waals surface area contributed by atoms with E-state index in [2.05, 4.69) is 27.3 Å². The molecule has 1 atom stereocenters. The van der Waals surface area contributed by atoms with Crippen LogP contribution in [-0.2, 0) is 16.0 Å². The Morgan fingerprint density at radius 1 is 1.28 bits per heavy atom. The Morgan fingerprint density at radius 2 is 2.12 bits per heavy atom. The van der Waals surface area contributed by atoms with Crippen molar-refractivity contribution in [3.63, 3.8) is 0 Å². The number of aryl methyl sites for hydroxylation is 1. The van der Waals surface area contributed by atoms with Crippen molar-refractivity contribution < 1.29 is 9.59 Å². The van der Waals surface area contributed by atoms with Crippen molar-refractivity contribution in [2.75, 3.05) is 16.8 Å². The van der Waals surface area contributed by atoms with Gasteiger partial charge in [0.05, 0.1) is 10.9 Å². The van der Waals surface area contributed by atoms with Crippen molar-refractivity contribution in [2.45, 2.75) is 29.4 Å². The Morgan fingerprint density at radius 3 is 3.00 bits per heavy atom. The minimum Gasteiger partial charge on any atom is -0.324 e. The van der Waals surface area contributed by atoms with Gasteiger partial charge in [-0.3, -0.25) is 9.59 Å². The van der Waals surface area contributed by atoms with E-state index in [1.807, 2.05) is 41.3 Å². The molecule has 0 fully saturated rings. The summed E-state index contributed by atoms with van der Waals surface area (Å²) in [5.41, 5.74) is 2.98. The summed E-state index contributed by atoms with van der Waals surface area (Å²) in [4.78, 5) is 28.1. The average molecular weight is 417 g/mol. The molecule has 0 spiro atoms. The first-order chi connectivity index (χ1) is 12.1. The zero-order chi connectivity index (χ0) is 17.4.